The lowest BCUT2D eigenvalue weighted by Gasteiger charge is -2.27. The minimum atomic E-state index is -0.773. The quantitative estimate of drug-likeness (QED) is 0.0689. The van der Waals surface area contributed by atoms with Crippen LogP contribution in [0.5, 0.6) is 11.5 Å². The standard InChI is InChI=1S/C34H43N3O4/c1-34(18-17-26-11-4-5-14-30(26)34)37-23-25-10-8-12-27(22-25)41-21-7-3-6-19-36-24-32(40)28-15-16-31(39)33(35-2)29(28)13-9-20-38/h4-5,8-16,20,22,32,35-37,39-40H,3,6-7,17-19,21,23-24H2,1-2H3/b13-9-. The predicted molar refractivity (Wildman–Crippen MR) is 165 cm³/mol. The van der Waals surface area contributed by atoms with Crippen molar-refractivity contribution in [3.8, 4) is 11.5 Å². The highest BCUT2D eigenvalue weighted by atomic mass is 16.5. The first-order valence-corrected chi connectivity index (χ1v) is 14.5. The summed E-state index contributed by atoms with van der Waals surface area (Å²) in [5.41, 5.74) is 5.81. The number of aliphatic hydroxyl groups is 1. The van der Waals surface area contributed by atoms with Gasteiger partial charge in [-0.05, 0) is 98.2 Å². The summed E-state index contributed by atoms with van der Waals surface area (Å²) in [6.45, 7) is 4.91. The van der Waals surface area contributed by atoms with E-state index in [0.717, 1.165) is 50.9 Å². The van der Waals surface area contributed by atoms with Gasteiger partial charge in [0.1, 0.15) is 17.8 Å². The average molecular weight is 558 g/mol. The molecule has 3 aromatic carbocycles. The third-order valence-electron chi connectivity index (χ3n) is 7.90. The topological polar surface area (TPSA) is 103 Å². The number of rotatable bonds is 16. The molecule has 0 amide bonds. The fraction of sp³-hybridized carbons (Fsp3) is 0.382. The van der Waals surface area contributed by atoms with Crippen LogP contribution in [0, 0.1) is 0 Å². The molecule has 0 saturated heterocycles. The molecule has 7 nitrogen and oxygen atoms in total. The number of aromatic hydroxyl groups is 1. The van der Waals surface area contributed by atoms with Gasteiger partial charge in [-0.2, -0.15) is 0 Å². The molecule has 2 atom stereocenters. The van der Waals surface area contributed by atoms with E-state index in [9.17, 15) is 15.0 Å². The van der Waals surface area contributed by atoms with Gasteiger partial charge in [-0.3, -0.25) is 4.79 Å². The van der Waals surface area contributed by atoms with Crippen LogP contribution in [0.4, 0.5) is 5.69 Å². The largest absolute Gasteiger partial charge is 0.506 e. The maximum atomic E-state index is 10.8. The molecule has 0 spiro atoms. The van der Waals surface area contributed by atoms with E-state index < -0.39 is 6.10 Å². The van der Waals surface area contributed by atoms with E-state index in [0.29, 0.717) is 36.3 Å². The van der Waals surface area contributed by atoms with E-state index in [1.54, 1.807) is 25.3 Å². The number of anilines is 1. The molecule has 0 aliphatic heterocycles. The normalized spacial score (nSPS) is 17.0. The Morgan fingerprint density at radius 2 is 1.93 bits per heavy atom. The van der Waals surface area contributed by atoms with Gasteiger partial charge in [-0.15, -0.1) is 0 Å². The summed E-state index contributed by atoms with van der Waals surface area (Å²) in [5, 5.41) is 30.9. The molecule has 0 heterocycles. The van der Waals surface area contributed by atoms with Crippen LogP contribution >= 0.6 is 0 Å². The zero-order chi connectivity index (χ0) is 29.1. The number of carbonyl (C=O) groups excluding carboxylic acids is 1. The van der Waals surface area contributed by atoms with Gasteiger partial charge in [-0.1, -0.05) is 42.5 Å². The second kappa shape index (κ2) is 14.8. The van der Waals surface area contributed by atoms with Crippen molar-refractivity contribution in [2.24, 2.45) is 0 Å². The first kappa shape index (κ1) is 30.3. The van der Waals surface area contributed by atoms with Crippen molar-refractivity contribution in [2.45, 2.75) is 57.2 Å². The summed E-state index contributed by atoms with van der Waals surface area (Å²) in [6, 6.07) is 20.3. The number of carbonyl (C=O) groups is 1. The van der Waals surface area contributed by atoms with E-state index in [-0.39, 0.29) is 11.3 Å². The van der Waals surface area contributed by atoms with E-state index in [1.807, 2.05) is 6.07 Å². The van der Waals surface area contributed by atoms with Gasteiger partial charge in [0.15, 0.2) is 0 Å². The lowest BCUT2D eigenvalue weighted by atomic mass is 9.94. The molecule has 2 unspecified atom stereocenters. The van der Waals surface area contributed by atoms with Crippen LogP contribution in [0.25, 0.3) is 6.08 Å². The Hall–Kier alpha value is -3.65. The van der Waals surface area contributed by atoms with Gasteiger partial charge < -0.3 is 30.9 Å². The van der Waals surface area contributed by atoms with Crippen molar-refractivity contribution in [3.05, 3.63) is 94.6 Å². The molecule has 5 N–H and O–H groups in total. The molecule has 0 bridgehead atoms. The molecule has 1 aliphatic carbocycles. The van der Waals surface area contributed by atoms with Crippen molar-refractivity contribution in [1.82, 2.24) is 10.6 Å². The average Bonchev–Trinajstić information content (AvgIpc) is 3.33. The van der Waals surface area contributed by atoms with Crippen LogP contribution < -0.4 is 20.7 Å². The van der Waals surface area contributed by atoms with Crippen LogP contribution in [0.2, 0.25) is 0 Å². The zero-order valence-corrected chi connectivity index (χ0v) is 24.2. The number of hydrogen-bond donors (Lipinski definition) is 5. The smallest absolute Gasteiger partial charge is 0.142 e. The zero-order valence-electron chi connectivity index (χ0n) is 24.2. The molecular weight excluding hydrogens is 514 g/mol. The Bertz CT molecular complexity index is 1330. The van der Waals surface area contributed by atoms with Gasteiger partial charge in [0, 0.05) is 31.2 Å². The number of aldehydes is 1. The predicted octanol–water partition coefficient (Wildman–Crippen LogP) is 5.47. The van der Waals surface area contributed by atoms with Crippen molar-refractivity contribution in [1.29, 1.82) is 0 Å². The summed E-state index contributed by atoms with van der Waals surface area (Å²) in [5.74, 6) is 0.967. The highest BCUT2D eigenvalue weighted by Gasteiger charge is 2.33. The monoisotopic (exact) mass is 557 g/mol. The number of ether oxygens (including phenoxy) is 1. The number of unbranched alkanes of at least 4 members (excludes halogenated alkanes) is 2. The lowest BCUT2D eigenvalue weighted by molar-refractivity contribution is -0.104. The number of aryl methyl sites for hydroxylation is 1. The van der Waals surface area contributed by atoms with Gasteiger partial charge in [0.2, 0.25) is 0 Å². The number of hydrogen-bond acceptors (Lipinski definition) is 7. The summed E-state index contributed by atoms with van der Waals surface area (Å²) >= 11 is 0. The molecule has 0 aromatic heterocycles. The van der Waals surface area contributed by atoms with Gasteiger partial charge >= 0.3 is 0 Å². The first-order valence-electron chi connectivity index (χ1n) is 14.5. The molecule has 7 heteroatoms. The molecule has 0 fully saturated rings. The maximum absolute atomic E-state index is 10.8. The van der Waals surface area contributed by atoms with Crippen molar-refractivity contribution in [3.63, 3.8) is 0 Å². The highest BCUT2D eigenvalue weighted by Crippen LogP contribution is 2.37. The highest BCUT2D eigenvalue weighted by molar-refractivity contribution is 5.81. The number of phenolic OH excluding ortho intramolecular Hbond substituents is 1. The molecule has 218 valence electrons. The Balaban J connectivity index is 1.14. The van der Waals surface area contributed by atoms with E-state index in [1.165, 1.54) is 22.8 Å². The molecular formula is C34H43N3O4. The Morgan fingerprint density at radius 3 is 2.76 bits per heavy atom. The minimum Gasteiger partial charge on any atom is -0.506 e. The maximum Gasteiger partial charge on any atom is 0.142 e. The second-order valence-electron chi connectivity index (χ2n) is 10.8. The SMILES string of the molecule is CNc1c(O)ccc(C(O)CNCCCCCOc2cccc(CNC3(C)CCc4ccccc43)c2)c1/C=C\C=O. The molecule has 0 saturated carbocycles. The lowest BCUT2D eigenvalue weighted by Crippen LogP contribution is -2.36. The second-order valence-corrected chi connectivity index (χ2v) is 10.8. The van der Waals surface area contributed by atoms with Crippen LogP contribution in [-0.2, 0) is 23.3 Å². The number of phenols is 1. The van der Waals surface area contributed by atoms with Crippen LogP contribution in [0.3, 0.4) is 0 Å². The summed E-state index contributed by atoms with van der Waals surface area (Å²) < 4.78 is 6.03. The fourth-order valence-electron chi connectivity index (χ4n) is 5.58. The fourth-order valence-corrected chi connectivity index (χ4v) is 5.58. The Morgan fingerprint density at radius 1 is 1.07 bits per heavy atom. The van der Waals surface area contributed by atoms with Crippen LogP contribution in [0.1, 0.15) is 66.5 Å². The van der Waals surface area contributed by atoms with E-state index in [2.05, 4.69) is 65.3 Å². The van der Waals surface area contributed by atoms with Crippen LogP contribution in [-0.4, -0.2) is 43.2 Å². The van der Waals surface area contributed by atoms with Gasteiger partial charge in [-0.25, -0.2) is 0 Å². The summed E-state index contributed by atoms with van der Waals surface area (Å²) in [6.07, 6.45) is 8.01. The Labute approximate surface area is 243 Å². The number of nitrogens with one attached hydrogen (secondary N) is 3. The number of aliphatic hydroxyl groups excluding tert-OH is 1. The first-order chi connectivity index (χ1) is 19.9. The molecule has 1 aliphatic rings. The molecule has 3 aromatic rings. The number of allylic oxidation sites excluding steroid dienone is 1. The third kappa shape index (κ3) is 7.97. The summed E-state index contributed by atoms with van der Waals surface area (Å²) in [4.78, 5) is 10.8. The van der Waals surface area contributed by atoms with Gasteiger partial charge in [0.25, 0.3) is 0 Å². The van der Waals surface area contributed by atoms with E-state index >= 15 is 0 Å². The third-order valence-corrected chi connectivity index (χ3v) is 7.90. The van der Waals surface area contributed by atoms with Gasteiger partial charge in [0.05, 0.1) is 18.4 Å². The number of fused-ring (bicyclic) bond motifs is 1. The van der Waals surface area contributed by atoms with Crippen LogP contribution in [0.15, 0.2) is 66.7 Å². The van der Waals surface area contributed by atoms with E-state index in [4.69, 9.17) is 4.74 Å². The van der Waals surface area contributed by atoms with Crippen molar-refractivity contribution >= 4 is 18.0 Å². The minimum absolute atomic E-state index is 0.00689. The molecule has 41 heavy (non-hydrogen) atoms. The number of benzene rings is 3. The summed E-state index contributed by atoms with van der Waals surface area (Å²) in [7, 11) is 1.69. The molecule has 0 radical (unpaired) electrons. The molecule has 4 rings (SSSR count). The van der Waals surface area contributed by atoms with Crippen molar-refractivity contribution < 1.29 is 19.7 Å². The van der Waals surface area contributed by atoms with Crippen molar-refractivity contribution in [2.75, 3.05) is 32.1 Å². The Kier molecular flexibility index (Phi) is 11.0.